The van der Waals surface area contributed by atoms with Crippen molar-refractivity contribution in [3.63, 3.8) is 0 Å². The van der Waals surface area contributed by atoms with Gasteiger partial charge in [0.2, 0.25) is 5.95 Å². The third-order valence-electron chi connectivity index (χ3n) is 4.77. The minimum Gasteiger partial charge on any atom is -0.382 e. The fourth-order valence-electron chi connectivity index (χ4n) is 3.46. The van der Waals surface area contributed by atoms with Crippen molar-refractivity contribution in [3.05, 3.63) is 84.2 Å². The number of aromatic nitrogens is 3. The number of nitrogen functional groups attached to an aromatic ring is 1. The van der Waals surface area contributed by atoms with Crippen molar-refractivity contribution in [2.24, 2.45) is 0 Å². The van der Waals surface area contributed by atoms with Gasteiger partial charge in [0.05, 0.1) is 12.6 Å². The summed E-state index contributed by atoms with van der Waals surface area (Å²) in [5, 5.41) is 0.841. The summed E-state index contributed by atoms with van der Waals surface area (Å²) < 4.78 is 5.47. The number of benzene rings is 2. The van der Waals surface area contributed by atoms with E-state index < -0.39 is 6.04 Å². The zero-order chi connectivity index (χ0) is 20.2. The van der Waals surface area contributed by atoms with Gasteiger partial charge in [-0.25, -0.2) is 4.98 Å². The van der Waals surface area contributed by atoms with Crippen LogP contribution in [0.1, 0.15) is 22.0 Å². The molecule has 0 saturated heterocycles. The SMILES string of the molecule is COC[C@@H](c1ccccc1)N(C(=O)c1cccc2[nH]ccc12)c1ccnc(N)n1. The van der Waals surface area contributed by atoms with E-state index in [4.69, 9.17) is 10.5 Å². The second-order valence-electron chi connectivity index (χ2n) is 6.57. The van der Waals surface area contributed by atoms with E-state index in [1.165, 1.54) is 0 Å². The lowest BCUT2D eigenvalue weighted by molar-refractivity contribution is 0.0951. The van der Waals surface area contributed by atoms with Crippen molar-refractivity contribution < 1.29 is 9.53 Å². The van der Waals surface area contributed by atoms with E-state index in [9.17, 15) is 4.79 Å². The average molecular weight is 387 g/mol. The molecular formula is C22H21N5O2. The van der Waals surface area contributed by atoms with Crippen molar-refractivity contribution >= 4 is 28.6 Å². The molecule has 7 nitrogen and oxygen atoms in total. The first-order valence-electron chi connectivity index (χ1n) is 9.21. The first kappa shape index (κ1) is 18.6. The van der Waals surface area contributed by atoms with Gasteiger partial charge in [0.1, 0.15) is 5.82 Å². The number of ether oxygens (including phenoxy) is 1. The predicted molar refractivity (Wildman–Crippen MR) is 113 cm³/mol. The molecule has 7 heteroatoms. The fourth-order valence-corrected chi connectivity index (χ4v) is 3.46. The average Bonchev–Trinajstić information content (AvgIpc) is 3.23. The molecule has 2 aromatic heterocycles. The lowest BCUT2D eigenvalue weighted by Gasteiger charge is -2.31. The number of fused-ring (bicyclic) bond motifs is 1. The summed E-state index contributed by atoms with van der Waals surface area (Å²) in [6.45, 7) is 0.294. The number of hydrogen-bond donors (Lipinski definition) is 2. The minimum absolute atomic E-state index is 0.101. The molecule has 1 atom stereocenters. The Balaban J connectivity index is 1.88. The number of methoxy groups -OCH3 is 1. The van der Waals surface area contributed by atoms with E-state index in [2.05, 4.69) is 15.0 Å². The second kappa shape index (κ2) is 8.12. The maximum atomic E-state index is 13.8. The van der Waals surface area contributed by atoms with Gasteiger partial charge >= 0.3 is 0 Å². The molecule has 0 unspecified atom stereocenters. The van der Waals surface area contributed by atoms with Crippen molar-refractivity contribution in [2.75, 3.05) is 24.4 Å². The van der Waals surface area contributed by atoms with E-state index in [1.54, 1.807) is 24.3 Å². The molecule has 0 saturated carbocycles. The van der Waals surface area contributed by atoms with Crippen molar-refractivity contribution in [1.82, 2.24) is 15.0 Å². The van der Waals surface area contributed by atoms with Crippen LogP contribution < -0.4 is 10.6 Å². The number of aromatic amines is 1. The Morgan fingerprint density at radius 1 is 1.14 bits per heavy atom. The Morgan fingerprint density at radius 2 is 1.97 bits per heavy atom. The number of nitrogens with zero attached hydrogens (tertiary/aromatic N) is 3. The maximum Gasteiger partial charge on any atom is 0.260 e. The number of hydrogen-bond acceptors (Lipinski definition) is 5. The zero-order valence-electron chi connectivity index (χ0n) is 15.9. The van der Waals surface area contributed by atoms with Crippen molar-refractivity contribution in [1.29, 1.82) is 0 Å². The molecule has 2 aromatic carbocycles. The van der Waals surface area contributed by atoms with Gasteiger partial charge in [-0.05, 0) is 29.8 Å². The molecule has 0 aliphatic heterocycles. The second-order valence-corrected chi connectivity index (χ2v) is 6.57. The van der Waals surface area contributed by atoms with Gasteiger partial charge < -0.3 is 15.5 Å². The number of nitrogens with two attached hydrogens (primary N) is 1. The van der Waals surface area contributed by atoms with Crippen LogP contribution in [0, 0.1) is 0 Å². The summed E-state index contributed by atoms with van der Waals surface area (Å²) in [7, 11) is 1.61. The molecule has 0 fully saturated rings. The smallest absolute Gasteiger partial charge is 0.260 e. The largest absolute Gasteiger partial charge is 0.382 e. The number of anilines is 2. The third-order valence-corrected chi connectivity index (χ3v) is 4.77. The summed E-state index contributed by atoms with van der Waals surface area (Å²) in [6, 6.07) is 18.5. The highest BCUT2D eigenvalue weighted by molar-refractivity contribution is 6.13. The highest BCUT2D eigenvalue weighted by Crippen LogP contribution is 2.30. The zero-order valence-corrected chi connectivity index (χ0v) is 15.9. The van der Waals surface area contributed by atoms with Gasteiger partial charge in [-0.1, -0.05) is 36.4 Å². The van der Waals surface area contributed by atoms with Crippen LogP contribution in [0.5, 0.6) is 0 Å². The summed E-state index contributed by atoms with van der Waals surface area (Å²) in [4.78, 5) is 26.9. The molecule has 29 heavy (non-hydrogen) atoms. The van der Waals surface area contributed by atoms with E-state index in [0.29, 0.717) is 18.0 Å². The number of carbonyl (C=O) groups is 1. The van der Waals surface area contributed by atoms with Crippen LogP contribution in [0.4, 0.5) is 11.8 Å². The molecule has 1 amide bonds. The summed E-state index contributed by atoms with van der Waals surface area (Å²) in [5.41, 5.74) is 8.21. The predicted octanol–water partition coefficient (Wildman–Crippen LogP) is 3.57. The summed E-state index contributed by atoms with van der Waals surface area (Å²) in [5.74, 6) is 0.324. The van der Waals surface area contributed by atoms with E-state index >= 15 is 0 Å². The van der Waals surface area contributed by atoms with E-state index in [0.717, 1.165) is 16.5 Å². The number of H-pyrrole nitrogens is 1. The molecule has 146 valence electrons. The van der Waals surface area contributed by atoms with Crippen molar-refractivity contribution in [3.8, 4) is 0 Å². The summed E-state index contributed by atoms with van der Waals surface area (Å²) in [6.07, 6.45) is 3.36. The Labute approximate surface area is 168 Å². The van der Waals surface area contributed by atoms with E-state index in [1.807, 2.05) is 60.8 Å². The van der Waals surface area contributed by atoms with Crippen LogP contribution in [0.25, 0.3) is 10.9 Å². The highest BCUT2D eigenvalue weighted by atomic mass is 16.5. The quantitative estimate of drug-likeness (QED) is 0.527. The topological polar surface area (TPSA) is 97.1 Å². The number of nitrogens with one attached hydrogen (secondary N) is 1. The Bertz CT molecular complexity index is 1130. The number of carbonyl (C=O) groups excluding carboxylic acids is 1. The van der Waals surface area contributed by atoms with Gasteiger partial charge in [0.25, 0.3) is 5.91 Å². The molecular weight excluding hydrogens is 366 g/mol. The monoisotopic (exact) mass is 387 g/mol. The van der Waals surface area contributed by atoms with Gasteiger partial charge in [-0.3, -0.25) is 9.69 Å². The van der Waals surface area contributed by atoms with Gasteiger partial charge in [0, 0.05) is 36.0 Å². The molecule has 4 rings (SSSR count). The van der Waals surface area contributed by atoms with Gasteiger partial charge in [-0.15, -0.1) is 0 Å². The first-order valence-corrected chi connectivity index (χ1v) is 9.21. The molecule has 0 aliphatic carbocycles. The van der Waals surface area contributed by atoms with Crippen LogP contribution in [-0.4, -0.2) is 34.6 Å². The Morgan fingerprint density at radius 3 is 2.72 bits per heavy atom. The van der Waals surface area contributed by atoms with Crippen LogP contribution >= 0.6 is 0 Å². The van der Waals surface area contributed by atoms with Crippen LogP contribution in [0.15, 0.2) is 73.1 Å². The van der Waals surface area contributed by atoms with Crippen LogP contribution in [0.3, 0.4) is 0 Å². The highest BCUT2D eigenvalue weighted by Gasteiger charge is 2.30. The summed E-state index contributed by atoms with van der Waals surface area (Å²) >= 11 is 0. The normalized spacial score (nSPS) is 12.0. The van der Waals surface area contributed by atoms with Gasteiger partial charge in [-0.2, -0.15) is 4.98 Å². The van der Waals surface area contributed by atoms with Gasteiger partial charge in [0.15, 0.2) is 0 Å². The van der Waals surface area contributed by atoms with Crippen molar-refractivity contribution in [2.45, 2.75) is 6.04 Å². The fraction of sp³-hybridized carbons (Fsp3) is 0.136. The van der Waals surface area contributed by atoms with Crippen LogP contribution in [0.2, 0.25) is 0 Å². The Kier molecular flexibility index (Phi) is 5.22. The number of rotatable bonds is 6. The first-order chi connectivity index (χ1) is 14.2. The molecule has 0 bridgehead atoms. The molecule has 0 spiro atoms. The van der Waals surface area contributed by atoms with Crippen LogP contribution in [-0.2, 0) is 4.74 Å². The molecule has 3 N–H and O–H groups in total. The Hall–Kier alpha value is -3.71. The molecule has 0 aliphatic rings. The lowest BCUT2D eigenvalue weighted by atomic mass is 10.0. The number of amides is 1. The van der Waals surface area contributed by atoms with E-state index in [-0.39, 0.29) is 11.9 Å². The minimum atomic E-state index is -0.391. The maximum absolute atomic E-state index is 13.8. The third kappa shape index (κ3) is 3.68. The molecule has 4 aromatic rings. The lowest BCUT2D eigenvalue weighted by Crippen LogP contribution is -2.38. The molecule has 2 heterocycles. The standard InChI is InChI=1S/C22H21N5O2/c1-29-14-19(15-6-3-2-4-7-15)27(20-11-13-25-22(23)26-20)21(28)17-8-5-9-18-16(17)10-12-24-18/h2-13,19,24H,14H2,1H3,(H2,23,25,26)/t19-/m0/s1. The molecule has 0 radical (unpaired) electrons.